The number of rotatable bonds is 9. The lowest BCUT2D eigenvalue weighted by atomic mass is 9.78. The molecule has 206 valence electrons. The molecule has 1 N–H and O–H groups in total. The second kappa shape index (κ2) is 11.9. The van der Waals surface area contributed by atoms with Crippen molar-refractivity contribution < 1.29 is 14.6 Å². The van der Waals surface area contributed by atoms with Gasteiger partial charge in [-0.1, -0.05) is 67.5 Å². The lowest BCUT2D eigenvalue weighted by Gasteiger charge is -2.31. The molecule has 1 fully saturated rings. The predicted molar refractivity (Wildman–Crippen MR) is 156 cm³/mol. The number of amides is 1. The van der Waals surface area contributed by atoms with Crippen molar-refractivity contribution >= 4 is 17.2 Å². The number of benzene rings is 1. The van der Waals surface area contributed by atoms with E-state index in [2.05, 4.69) is 79.7 Å². The van der Waals surface area contributed by atoms with Gasteiger partial charge >= 0.3 is 0 Å². The number of aryl methyl sites for hydroxylation is 3. The topological polar surface area (TPSA) is 49.8 Å². The molecule has 37 heavy (non-hydrogen) atoms. The summed E-state index contributed by atoms with van der Waals surface area (Å²) in [5.41, 5.74) is 3.21. The zero-order valence-corrected chi connectivity index (χ0v) is 25.3. The van der Waals surface area contributed by atoms with Crippen molar-refractivity contribution in [3.8, 4) is 5.75 Å². The van der Waals surface area contributed by atoms with Gasteiger partial charge in [-0.05, 0) is 77.2 Å². The van der Waals surface area contributed by atoms with Crippen LogP contribution in [0.3, 0.4) is 0 Å². The Bertz CT molecular complexity index is 1010. The molecule has 0 unspecified atom stereocenters. The van der Waals surface area contributed by atoms with Crippen molar-refractivity contribution in [3.63, 3.8) is 0 Å². The molecule has 4 nitrogen and oxygen atoms in total. The molecule has 5 heteroatoms. The Balaban J connectivity index is 1.54. The third-order valence-electron chi connectivity index (χ3n) is 7.43. The highest BCUT2D eigenvalue weighted by Gasteiger charge is 2.27. The summed E-state index contributed by atoms with van der Waals surface area (Å²) in [6, 6.07) is 8.98. The van der Waals surface area contributed by atoms with Crippen LogP contribution in [0.4, 0.5) is 0 Å². The third kappa shape index (κ3) is 8.58. The molecule has 1 aliphatic rings. The Kier molecular flexibility index (Phi) is 9.56. The van der Waals surface area contributed by atoms with Crippen LogP contribution in [-0.4, -0.2) is 42.2 Å². The minimum absolute atomic E-state index is 0.00602. The molecule has 2 heterocycles. The summed E-state index contributed by atoms with van der Waals surface area (Å²) >= 11 is 1.92. The largest absolute Gasteiger partial charge is 0.507 e. The number of phenols is 1. The number of ether oxygens (including phenoxy) is 1. The Morgan fingerprint density at radius 2 is 1.43 bits per heavy atom. The van der Waals surface area contributed by atoms with E-state index in [1.807, 2.05) is 16.2 Å². The van der Waals surface area contributed by atoms with Gasteiger partial charge < -0.3 is 14.7 Å². The monoisotopic (exact) mass is 527 g/mol. The first-order chi connectivity index (χ1) is 17.2. The summed E-state index contributed by atoms with van der Waals surface area (Å²) in [5.74, 6) is 0.722. The molecular formula is C32H49NO3S. The summed E-state index contributed by atoms with van der Waals surface area (Å²) < 4.78 is 5.38. The van der Waals surface area contributed by atoms with E-state index in [4.69, 9.17) is 4.74 Å². The molecule has 0 spiro atoms. The van der Waals surface area contributed by atoms with E-state index in [0.29, 0.717) is 25.4 Å². The summed E-state index contributed by atoms with van der Waals surface area (Å²) in [6.45, 7) is 20.2. The van der Waals surface area contributed by atoms with Gasteiger partial charge in [0, 0.05) is 29.3 Å². The maximum atomic E-state index is 12.7. The van der Waals surface area contributed by atoms with Crippen LogP contribution in [0, 0.1) is 5.41 Å². The molecule has 0 aliphatic carbocycles. The first-order valence-corrected chi connectivity index (χ1v) is 14.8. The van der Waals surface area contributed by atoms with Gasteiger partial charge in [0.15, 0.2) is 0 Å². The van der Waals surface area contributed by atoms with Crippen LogP contribution in [0.1, 0.15) is 101 Å². The van der Waals surface area contributed by atoms with Gasteiger partial charge in [-0.25, -0.2) is 0 Å². The number of hydrogen-bond acceptors (Lipinski definition) is 4. The SMILES string of the molecule is CC(C)(CCc1ccc(CCCc2cc(C(C)(C)C)c(O)c(C(C)(C)C)c2)s1)CC(=O)N1CCOCC1. The fourth-order valence-corrected chi connectivity index (χ4v) is 6.08. The molecule has 1 aromatic heterocycles. The van der Waals surface area contributed by atoms with Crippen LogP contribution in [0.2, 0.25) is 0 Å². The van der Waals surface area contributed by atoms with E-state index < -0.39 is 0 Å². The molecular weight excluding hydrogens is 478 g/mol. The van der Waals surface area contributed by atoms with E-state index in [0.717, 1.165) is 56.3 Å². The molecule has 1 aliphatic heterocycles. The van der Waals surface area contributed by atoms with Gasteiger partial charge in [-0.15, -0.1) is 11.3 Å². The summed E-state index contributed by atoms with van der Waals surface area (Å²) in [5, 5.41) is 11.0. The number of hydrogen-bond donors (Lipinski definition) is 1. The minimum Gasteiger partial charge on any atom is -0.507 e. The van der Waals surface area contributed by atoms with E-state index in [-0.39, 0.29) is 22.2 Å². The van der Waals surface area contributed by atoms with E-state index in [1.165, 1.54) is 15.3 Å². The second-order valence-electron chi connectivity index (χ2n) is 13.6. The third-order valence-corrected chi connectivity index (χ3v) is 8.64. The Morgan fingerprint density at radius 1 is 0.892 bits per heavy atom. The van der Waals surface area contributed by atoms with Crippen LogP contribution < -0.4 is 0 Å². The Hall–Kier alpha value is -1.85. The quantitative estimate of drug-likeness (QED) is 0.369. The van der Waals surface area contributed by atoms with E-state index in [9.17, 15) is 9.90 Å². The van der Waals surface area contributed by atoms with Crippen LogP contribution >= 0.6 is 11.3 Å². The summed E-state index contributed by atoms with van der Waals surface area (Å²) in [4.78, 5) is 17.5. The molecule has 0 bridgehead atoms. The van der Waals surface area contributed by atoms with Crippen molar-refractivity contribution in [1.82, 2.24) is 4.90 Å². The standard InChI is InChI=1S/C32H49NO3S/c1-30(2,3)26-20-23(21-27(29(26)35)31(4,5)6)10-9-11-24-12-13-25(37-24)14-15-32(7,8)22-28(34)33-16-18-36-19-17-33/h12-13,20-21,35H,9-11,14-19,22H2,1-8H3. The molecule has 1 amide bonds. The van der Waals surface area contributed by atoms with E-state index >= 15 is 0 Å². The highest BCUT2D eigenvalue weighted by Crippen LogP contribution is 2.40. The number of carbonyl (C=O) groups excluding carboxylic acids is 1. The highest BCUT2D eigenvalue weighted by molar-refractivity contribution is 7.11. The van der Waals surface area contributed by atoms with Gasteiger partial charge in [-0.3, -0.25) is 4.79 Å². The lowest BCUT2D eigenvalue weighted by molar-refractivity contribution is -0.137. The van der Waals surface area contributed by atoms with Crippen molar-refractivity contribution in [2.75, 3.05) is 26.3 Å². The normalized spacial score (nSPS) is 15.3. The number of morpholine rings is 1. The second-order valence-corrected chi connectivity index (χ2v) is 14.8. The van der Waals surface area contributed by atoms with Crippen LogP contribution in [0.15, 0.2) is 24.3 Å². The Labute approximate surface area is 229 Å². The fraction of sp³-hybridized carbons (Fsp3) is 0.656. The van der Waals surface area contributed by atoms with Crippen molar-refractivity contribution in [2.24, 2.45) is 5.41 Å². The minimum atomic E-state index is -0.0939. The smallest absolute Gasteiger partial charge is 0.223 e. The van der Waals surface area contributed by atoms with E-state index in [1.54, 1.807) is 0 Å². The van der Waals surface area contributed by atoms with Gasteiger partial charge in [0.2, 0.25) is 5.91 Å². The van der Waals surface area contributed by atoms with Crippen LogP contribution in [0.25, 0.3) is 0 Å². The fourth-order valence-electron chi connectivity index (χ4n) is 5.02. The number of carbonyl (C=O) groups is 1. The average Bonchev–Trinajstić information content (AvgIpc) is 3.25. The van der Waals surface area contributed by atoms with Crippen LogP contribution in [-0.2, 0) is 39.6 Å². The molecule has 1 saturated heterocycles. The van der Waals surface area contributed by atoms with Gasteiger partial charge in [0.25, 0.3) is 0 Å². The lowest BCUT2D eigenvalue weighted by Crippen LogP contribution is -2.42. The average molecular weight is 528 g/mol. The van der Waals surface area contributed by atoms with Gasteiger partial charge in [0.05, 0.1) is 13.2 Å². The number of aromatic hydroxyl groups is 1. The van der Waals surface area contributed by atoms with Gasteiger partial charge in [0.1, 0.15) is 5.75 Å². The van der Waals surface area contributed by atoms with Crippen molar-refractivity contribution in [1.29, 1.82) is 0 Å². The predicted octanol–water partition coefficient (Wildman–Crippen LogP) is 7.43. The molecule has 1 aromatic carbocycles. The molecule has 0 radical (unpaired) electrons. The number of phenolic OH excluding ortho intramolecular Hbond substituents is 1. The zero-order chi connectivity index (χ0) is 27.4. The maximum absolute atomic E-state index is 12.7. The highest BCUT2D eigenvalue weighted by atomic mass is 32.1. The number of thiophene rings is 1. The molecule has 2 aromatic rings. The zero-order valence-electron chi connectivity index (χ0n) is 24.5. The van der Waals surface area contributed by atoms with Crippen molar-refractivity contribution in [2.45, 2.75) is 105 Å². The Morgan fingerprint density at radius 3 is 1.97 bits per heavy atom. The number of nitrogens with zero attached hydrogens (tertiary/aromatic N) is 1. The molecule has 0 atom stereocenters. The van der Waals surface area contributed by atoms with Crippen molar-refractivity contribution in [3.05, 3.63) is 50.7 Å². The molecule has 3 rings (SSSR count). The first-order valence-electron chi connectivity index (χ1n) is 14.0. The van der Waals surface area contributed by atoms with Crippen LogP contribution in [0.5, 0.6) is 5.75 Å². The van der Waals surface area contributed by atoms with Gasteiger partial charge in [-0.2, -0.15) is 0 Å². The molecule has 0 saturated carbocycles. The summed E-state index contributed by atoms with van der Waals surface area (Å²) in [6.07, 6.45) is 5.82. The maximum Gasteiger partial charge on any atom is 0.223 e. The first kappa shape index (κ1) is 29.7. The summed E-state index contributed by atoms with van der Waals surface area (Å²) in [7, 11) is 0.